The minimum absolute atomic E-state index is 0.0733. The molecule has 128 valence electrons. The lowest BCUT2D eigenvalue weighted by molar-refractivity contribution is -0.132. The van der Waals surface area contributed by atoms with Gasteiger partial charge in [0.15, 0.2) is 0 Å². The van der Waals surface area contributed by atoms with E-state index in [1.807, 2.05) is 29.2 Å². The van der Waals surface area contributed by atoms with E-state index in [2.05, 4.69) is 33.0 Å². The Kier molecular flexibility index (Phi) is 5.66. The second kappa shape index (κ2) is 7.92. The lowest BCUT2D eigenvalue weighted by atomic mass is 10.1. The molecule has 0 bridgehead atoms. The molecule has 1 aliphatic rings. The molecule has 0 aliphatic carbocycles. The molecule has 6 heteroatoms. The lowest BCUT2D eigenvalue weighted by Crippen LogP contribution is -2.30. The van der Waals surface area contributed by atoms with Crippen LogP contribution in [-0.2, 0) is 4.79 Å². The molecule has 1 amide bonds. The predicted molar refractivity (Wildman–Crippen MR) is 95.3 cm³/mol. The van der Waals surface area contributed by atoms with E-state index >= 15 is 0 Å². The van der Waals surface area contributed by atoms with E-state index in [0.717, 1.165) is 48.7 Å². The van der Waals surface area contributed by atoms with Crippen molar-refractivity contribution in [2.24, 2.45) is 0 Å². The zero-order chi connectivity index (χ0) is 16.9. The first-order valence-electron chi connectivity index (χ1n) is 8.58. The fourth-order valence-electron chi connectivity index (χ4n) is 3.08. The van der Waals surface area contributed by atoms with Crippen molar-refractivity contribution in [2.75, 3.05) is 6.54 Å². The molecule has 1 aromatic carbocycles. The molecule has 0 radical (unpaired) electrons. The van der Waals surface area contributed by atoms with E-state index in [1.165, 1.54) is 0 Å². The van der Waals surface area contributed by atoms with Crippen LogP contribution in [0.3, 0.4) is 0 Å². The van der Waals surface area contributed by atoms with Crippen molar-refractivity contribution in [3.05, 3.63) is 34.6 Å². The first kappa shape index (κ1) is 17.1. The van der Waals surface area contributed by atoms with Crippen molar-refractivity contribution >= 4 is 21.8 Å². The SMILES string of the molecule is CCCCCC(=O)N1CCC[C@@H]1c1nc(-c2ccc(Br)cc2)no1. The first-order chi connectivity index (χ1) is 11.7. The van der Waals surface area contributed by atoms with Gasteiger partial charge in [-0.05, 0) is 43.5 Å². The average molecular weight is 392 g/mol. The monoisotopic (exact) mass is 391 g/mol. The van der Waals surface area contributed by atoms with Crippen LogP contribution in [0.5, 0.6) is 0 Å². The van der Waals surface area contributed by atoms with Gasteiger partial charge in [0.05, 0.1) is 0 Å². The molecule has 1 aromatic heterocycles. The molecule has 24 heavy (non-hydrogen) atoms. The lowest BCUT2D eigenvalue weighted by Gasteiger charge is -2.21. The van der Waals surface area contributed by atoms with E-state index < -0.39 is 0 Å². The predicted octanol–water partition coefficient (Wildman–Crippen LogP) is 4.74. The average Bonchev–Trinajstić information content (AvgIpc) is 3.24. The van der Waals surface area contributed by atoms with Crippen molar-refractivity contribution in [1.82, 2.24) is 15.0 Å². The van der Waals surface area contributed by atoms with Crippen LogP contribution < -0.4 is 0 Å². The van der Waals surface area contributed by atoms with Gasteiger partial charge in [-0.15, -0.1) is 0 Å². The number of aromatic nitrogens is 2. The summed E-state index contributed by atoms with van der Waals surface area (Å²) in [5, 5.41) is 4.09. The van der Waals surface area contributed by atoms with Gasteiger partial charge in [0.1, 0.15) is 6.04 Å². The zero-order valence-corrected chi connectivity index (χ0v) is 15.5. The number of carbonyl (C=O) groups is 1. The number of amides is 1. The van der Waals surface area contributed by atoms with Gasteiger partial charge in [0.2, 0.25) is 17.6 Å². The number of carbonyl (C=O) groups excluding carboxylic acids is 1. The Bertz CT molecular complexity index is 684. The number of unbranched alkanes of at least 4 members (excludes halogenated alkanes) is 2. The van der Waals surface area contributed by atoms with Crippen LogP contribution in [0.4, 0.5) is 0 Å². The van der Waals surface area contributed by atoms with Gasteiger partial charge in [-0.1, -0.05) is 40.9 Å². The van der Waals surface area contributed by atoms with Crippen LogP contribution in [0, 0.1) is 0 Å². The van der Waals surface area contributed by atoms with Crippen molar-refractivity contribution in [1.29, 1.82) is 0 Å². The first-order valence-corrected chi connectivity index (χ1v) is 9.37. The van der Waals surface area contributed by atoms with Crippen molar-refractivity contribution in [3.63, 3.8) is 0 Å². The van der Waals surface area contributed by atoms with Crippen LogP contribution in [0.25, 0.3) is 11.4 Å². The van der Waals surface area contributed by atoms with E-state index in [4.69, 9.17) is 4.52 Å². The van der Waals surface area contributed by atoms with E-state index in [-0.39, 0.29) is 11.9 Å². The Labute approximate surface area is 150 Å². The molecule has 1 fully saturated rings. The van der Waals surface area contributed by atoms with E-state index in [1.54, 1.807) is 0 Å². The minimum atomic E-state index is -0.0733. The summed E-state index contributed by atoms with van der Waals surface area (Å²) >= 11 is 3.42. The van der Waals surface area contributed by atoms with Crippen LogP contribution in [0.2, 0.25) is 0 Å². The van der Waals surface area contributed by atoms with Crippen LogP contribution in [-0.4, -0.2) is 27.5 Å². The maximum absolute atomic E-state index is 12.4. The fraction of sp³-hybridized carbons (Fsp3) is 0.500. The Balaban J connectivity index is 1.71. The van der Waals surface area contributed by atoms with Gasteiger partial charge in [-0.2, -0.15) is 4.98 Å². The third kappa shape index (κ3) is 3.86. The molecule has 3 rings (SSSR count). The summed E-state index contributed by atoms with van der Waals surface area (Å²) in [5.74, 6) is 1.33. The van der Waals surface area contributed by atoms with Gasteiger partial charge in [0.25, 0.3) is 0 Å². The third-order valence-electron chi connectivity index (χ3n) is 4.40. The number of likely N-dealkylation sites (tertiary alicyclic amines) is 1. The Morgan fingerprint density at radius 2 is 2.12 bits per heavy atom. The molecule has 5 nitrogen and oxygen atoms in total. The summed E-state index contributed by atoms with van der Waals surface area (Å²) in [7, 11) is 0. The molecule has 1 aliphatic heterocycles. The van der Waals surface area contributed by atoms with Crippen LogP contribution >= 0.6 is 15.9 Å². The number of nitrogens with zero attached hydrogens (tertiary/aromatic N) is 3. The molecular weight excluding hydrogens is 370 g/mol. The Morgan fingerprint density at radius 3 is 2.88 bits per heavy atom. The molecule has 0 unspecified atom stereocenters. The van der Waals surface area contributed by atoms with Crippen molar-refractivity contribution in [2.45, 2.75) is 51.5 Å². The maximum atomic E-state index is 12.4. The van der Waals surface area contributed by atoms with Gasteiger partial charge < -0.3 is 9.42 Å². The fourth-order valence-corrected chi connectivity index (χ4v) is 3.34. The van der Waals surface area contributed by atoms with Crippen LogP contribution in [0.1, 0.15) is 57.4 Å². The topological polar surface area (TPSA) is 59.2 Å². The highest BCUT2D eigenvalue weighted by Gasteiger charge is 2.33. The number of halogens is 1. The third-order valence-corrected chi connectivity index (χ3v) is 4.93. The molecule has 1 atom stereocenters. The minimum Gasteiger partial charge on any atom is -0.337 e. The number of hydrogen-bond acceptors (Lipinski definition) is 4. The molecule has 0 saturated carbocycles. The highest BCUT2D eigenvalue weighted by atomic mass is 79.9. The van der Waals surface area contributed by atoms with Gasteiger partial charge in [-0.3, -0.25) is 4.79 Å². The van der Waals surface area contributed by atoms with E-state index in [0.29, 0.717) is 18.1 Å². The standard InChI is InChI=1S/C18H22BrN3O2/c1-2-3-4-7-16(23)22-12-5-6-15(22)18-20-17(21-24-18)13-8-10-14(19)11-9-13/h8-11,15H,2-7,12H2,1H3/t15-/m1/s1. The number of rotatable bonds is 6. The zero-order valence-electron chi connectivity index (χ0n) is 13.9. The Morgan fingerprint density at radius 1 is 1.33 bits per heavy atom. The van der Waals surface area contributed by atoms with Crippen LogP contribution in [0.15, 0.2) is 33.3 Å². The normalized spacial score (nSPS) is 17.4. The van der Waals surface area contributed by atoms with Crippen molar-refractivity contribution in [3.8, 4) is 11.4 Å². The molecule has 2 aromatic rings. The molecule has 1 saturated heterocycles. The van der Waals surface area contributed by atoms with E-state index in [9.17, 15) is 4.79 Å². The summed E-state index contributed by atoms with van der Waals surface area (Å²) < 4.78 is 6.48. The summed E-state index contributed by atoms with van der Waals surface area (Å²) in [6.45, 7) is 2.93. The highest BCUT2D eigenvalue weighted by molar-refractivity contribution is 9.10. The Hall–Kier alpha value is -1.69. The van der Waals surface area contributed by atoms with Gasteiger partial charge in [-0.25, -0.2) is 0 Å². The maximum Gasteiger partial charge on any atom is 0.249 e. The molecule has 0 N–H and O–H groups in total. The largest absolute Gasteiger partial charge is 0.337 e. The summed E-state index contributed by atoms with van der Waals surface area (Å²) in [5.41, 5.74) is 0.909. The smallest absolute Gasteiger partial charge is 0.249 e. The van der Waals surface area contributed by atoms with Gasteiger partial charge >= 0.3 is 0 Å². The summed E-state index contributed by atoms with van der Waals surface area (Å²) in [6, 6.07) is 7.72. The van der Waals surface area contributed by atoms with Crippen molar-refractivity contribution < 1.29 is 9.32 Å². The molecule has 0 spiro atoms. The molecule has 2 heterocycles. The number of hydrogen-bond donors (Lipinski definition) is 0. The quantitative estimate of drug-likeness (QED) is 0.666. The summed E-state index contributed by atoms with van der Waals surface area (Å²) in [4.78, 5) is 18.9. The number of benzene rings is 1. The molecular formula is C18H22BrN3O2. The second-order valence-electron chi connectivity index (χ2n) is 6.17. The second-order valence-corrected chi connectivity index (χ2v) is 7.08. The van der Waals surface area contributed by atoms with Gasteiger partial charge in [0, 0.05) is 23.0 Å². The summed E-state index contributed by atoms with van der Waals surface area (Å²) in [6.07, 6.45) is 5.65. The highest BCUT2D eigenvalue weighted by Crippen LogP contribution is 2.32.